The Morgan fingerprint density at radius 3 is 2.67 bits per heavy atom. The number of hydrogen-bond donors (Lipinski definition) is 2. The van der Waals surface area contributed by atoms with E-state index in [1.165, 1.54) is 18.9 Å². The van der Waals surface area contributed by atoms with E-state index in [1.807, 2.05) is 11.8 Å². The lowest BCUT2D eigenvalue weighted by Crippen LogP contribution is -2.38. The number of carbonyl (C=O) groups is 1. The molecule has 18 heavy (non-hydrogen) atoms. The first-order valence-electron chi connectivity index (χ1n) is 6.28. The van der Waals surface area contributed by atoms with Gasteiger partial charge in [-0.05, 0) is 31.2 Å². The normalized spacial score (nSPS) is 17.6. The van der Waals surface area contributed by atoms with Crippen LogP contribution in [0.4, 0.5) is 0 Å². The molecular weight excluding hydrogens is 246 g/mol. The molecule has 2 rings (SSSR count). The van der Waals surface area contributed by atoms with Gasteiger partial charge in [-0.2, -0.15) is 11.8 Å². The first kappa shape index (κ1) is 13.3. The number of phenolic OH excluding ortho intramolecular Hbond substituents is 1. The molecule has 0 saturated heterocycles. The second kappa shape index (κ2) is 5.65. The number of para-hydroxylation sites is 1. The molecule has 0 spiro atoms. The molecular formula is C14H19NO2S. The lowest BCUT2D eigenvalue weighted by molar-refractivity contribution is 0.0947. The van der Waals surface area contributed by atoms with Crippen LogP contribution in [0.2, 0.25) is 0 Å². The zero-order valence-electron chi connectivity index (χ0n) is 10.6. The lowest BCUT2D eigenvalue weighted by atomic mass is 10.1. The maximum atomic E-state index is 12.0. The molecule has 1 aliphatic rings. The monoisotopic (exact) mass is 265 g/mol. The Balaban J connectivity index is 1.98. The Kier molecular flexibility index (Phi) is 4.17. The van der Waals surface area contributed by atoms with Crippen LogP contribution in [0.5, 0.6) is 5.75 Å². The summed E-state index contributed by atoms with van der Waals surface area (Å²) in [5.41, 5.74) is 0.353. The van der Waals surface area contributed by atoms with Crippen LogP contribution in [0.3, 0.4) is 0 Å². The Morgan fingerprint density at radius 2 is 2.06 bits per heavy atom. The van der Waals surface area contributed by atoms with Gasteiger partial charge in [-0.25, -0.2) is 0 Å². The fourth-order valence-corrected chi connectivity index (χ4v) is 3.39. The summed E-state index contributed by atoms with van der Waals surface area (Å²) < 4.78 is 0.195. The van der Waals surface area contributed by atoms with Crippen molar-refractivity contribution in [3.63, 3.8) is 0 Å². The average molecular weight is 265 g/mol. The smallest absolute Gasteiger partial charge is 0.255 e. The molecule has 0 atom stereocenters. The van der Waals surface area contributed by atoms with Crippen molar-refractivity contribution in [1.29, 1.82) is 0 Å². The Morgan fingerprint density at radius 1 is 1.39 bits per heavy atom. The molecule has 0 radical (unpaired) electrons. The van der Waals surface area contributed by atoms with Gasteiger partial charge in [0.25, 0.3) is 5.91 Å². The van der Waals surface area contributed by atoms with Gasteiger partial charge in [-0.15, -0.1) is 0 Å². The molecule has 1 aromatic carbocycles. The van der Waals surface area contributed by atoms with Crippen molar-refractivity contribution in [1.82, 2.24) is 5.32 Å². The van der Waals surface area contributed by atoms with E-state index in [1.54, 1.807) is 18.2 Å². The average Bonchev–Trinajstić information content (AvgIpc) is 2.86. The highest BCUT2D eigenvalue weighted by molar-refractivity contribution is 8.00. The van der Waals surface area contributed by atoms with Crippen LogP contribution < -0.4 is 5.32 Å². The van der Waals surface area contributed by atoms with E-state index in [4.69, 9.17) is 0 Å². The minimum Gasteiger partial charge on any atom is -0.507 e. The predicted molar refractivity (Wildman–Crippen MR) is 75.2 cm³/mol. The fraction of sp³-hybridized carbons (Fsp3) is 0.500. The quantitative estimate of drug-likeness (QED) is 0.880. The molecule has 98 valence electrons. The molecule has 1 saturated carbocycles. The maximum absolute atomic E-state index is 12.0. The summed E-state index contributed by atoms with van der Waals surface area (Å²) in [4.78, 5) is 12.0. The van der Waals surface area contributed by atoms with Crippen LogP contribution in [0.25, 0.3) is 0 Å². The topological polar surface area (TPSA) is 49.3 Å². The number of nitrogens with one attached hydrogen (secondary N) is 1. The SMILES string of the molecule is CSC1(CNC(=O)c2ccccc2O)CCCC1. The number of hydrogen-bond acceptors (Lipinski definition) is 3. The van der Waals surface area contributed by atoms with Gasteiger partial charge in [-0.3, -0.25) is 4.79 Å². The molecule has 0 aromatic heterocycles. The van der Waals surface area contributed by atoms with Crippen molar-refractivity contribution in [3.05, 3.63) is 29.8 Å². The number of thioether (sulfide) groups is 1. The lowest BCUT2D eigenvalue weighted by Gasteiger charge is -2.26. The van der Waals surface area contributed by atoms with Crippen molar-refractivity contribution in [2.24, 2.45) is 0 Å². The highest BCUT2D eigenvalue weighted by Crippen LogP contribution is 2.39. The summed E-state index contributed by atoms with van der Waals surface area (Å²) in [6, 6.07) is 6.65. The van der Waals surface area contributed by atoms with Crippen molar-refractivity contribution in [2.75, 3.05) is 12.8 Å². The van der Waals surface area contributed by atoms with Crippen molar-refractivity contribution in [3.8, 4) is 5.75 Å². The number of amides is 1. The zero-order valence-corrected chi connectivity index (χ0v) is 11.4. The number of phenols is 1. The molecule has 0 bridgehead atoms. The highest BCUT2D eigenvalue weighted by atomic mass is 32.2. The standard InChI is InChI=1S/C14H19NO2S/c1-18-14(8-4-5-9-14)10-15-13(17)11-6-2-3-7-12(11)16/h2-3,6-7,16H,4-5,8-10H2,1H3,(H,15,17). The van der Waals surface area contributed by atoms with Gasteiger partial charge in [0.1, 0.15) is 5.75 Å². The molecule has 1 amide bonds. The van der Waals surface area contributed by atoms with Crippen LogP contribution in [-0.4, -0.2) is 28.6 Å². The molecule has 1 fully saturated rings. The van der Waals surface area contributed by atoms with Gasteiger partial charge in [0.2, 0.25) is 0 Å². The van der Waals surface area contributed by atoms with Crippen LogP contribution in [0, 0.1) is 0 Å². The summed E-state index contributed by atoms with van der Waals surface area (Å²) in [5.74, 6) is -0.145. The van der Waals surface area contributed by atoms with Gasteiger partial charge in [-0.1, -0.05) is 25.0 Å². The van der Waals surface area contributed by atoms with Crippen molar-refractivity contribution >= 4 is 17.7 Å². The van der Waals surface area contributed by atoms with Crippen molar-refractivity contribution < 1.29 is 9.90 Å². The van der Waals surface area contributed by atoms with Crippen LogP contribution in [0.15, 0.2) is 24.3 Å². The maximum Gasteiger partial charge on any atom is 0.255 e. The van der Waals surface area contributed by atoms with Crippen LogP contribution in [-0.2, 0) is 0 Å². The third-order valence-electron chi connectivity index (χ3n) is 3.67. The van der Waals surface area contributed by atoms with E-state index in [9.17, 15) is 9.90 Å². The number of aromatic hydroxyl groups is 1. The molecule has 0 unspecified atom stereocenters. The molecule has 0 aliphatic heterocycles. The third-order valence-corrected chi connectivity index (χ3v) is 5.09. The minimum absolute atomic E-state index is 0.0413. The molecule has 2 N–H and O–H groups in total. The third kappa shape index (κ3) is 2.80. The van der Waals surface area contributed by atoms with E-state index in [-0.39, 0.29) is 16.4 Å². The summed E-state index contributed by atoms with van der Waals surface area (Å²) in [6.45, 7) is 0.682. The Hall–Kier alpha value is -1.16. The summed E-state index contributed by atoms with van der Waals surface area (Å²) >= 11 is 1.84. The number of carbonyl (C=O) groups excluding carboxylic acids is 1. The minimum atomic E-state index is -0.187. The number of benzene rings is 1. The number of rotatable bonds is 4. The molecule has 0 heterocycles. The van der Waals surface area contributed by atoms with E-state index in [0.29, 0.717) is 12.1 Å². The van der Waals surface area contributed by atoms with E-state index >= 15 is 0 Å². The second-order valence-electron chi connectivity index (χ2n) is 4.79. The fourth-order valence-electron chi connectivity index (χ4n) is 2.47. The van der Waals surface area contributed by atoms with Gasteiger partial charge in [0.15, 0.2) is 0 Å². The summed E-state index contributed by atoms with van der Waals surface area (Å²) in [5, 5.41) is 12.6. The first-order valence-corrected chi connectivity index (χ1v) is 7.51. The van der Waals surface area contributed by atoms with Crippen molar-refractivity contribution in [2.45, 2.75) is 30.4 Å². The zero-order chi connectivity index (χ0) is 13.0. The first-order chi connectivity index (χ1) is 8.67. The summed E-state index contributed by atoms with van der Waals surface area (Å²) in [7, 11) is 0. The van der Waals surface area contributed by atoms with Gasteiger partial charge in [0, 0.05) is 11.3 Å². The summed E-state index contributed by atoms with van der Waals surface area (Å²) in [6.07, 6.45) is 6.92. The van der Waals surface area contributed by atoms with E-state index in [0.717, 1.165) is 12.8 Å². The molecule has 1 aliphatic carbocycles. The molecule has 3 nitrogen and oxygen atoms in total. The van der Waals surface area contributed by atoms with Crippen LogP contribution in [0.1, 0.15) is 36.0 Å². The van der Waals surface area contributed by atoms with Crippen LogP contribution >= 0.6 is 11.8 Å². The second-order valence-corrected chi connectivity index (χ2v) is 6.07. The Labute approximate surface area is 112 Å². The predicted octanol–water partition coefficient (Wildman–Crippen LogP) is 2.80. The molecule has 4 heteroatoms. The van der Waals surface area contributed by atoms with Gasteiger partial charge in [0.05, 0.1) is 5.56 Å². The highest BCUT2D eigenvalue weighted by Gasteiger charge is 2.33. The largest absolute Gasteiger partial charge is 0.507 e. The van der Waals surface area contributed by atoms with E-state index < -0.39 is 0 Å². The van der Waals surface area contributed by atoms with Gasteiger partial charge < -0.3 is 10.4 Å². The molecule has 1 aromatic rings. The van der Waals surface area contributed by atoms with E-state index in [2.05, 4.69) is 11.6 Å². The van der Waals surface area contributed by atoms with Gasteiger partial charge >= 0.3 is 0 Å². The Bertz CT molecular complexity index is 428.